The third kappa shape index (κ3) is 3.57. The van der Waals surface area contributed by atoms with E-state index in [1.165, 1.54) is 28.3 Å². The number of aromatic nitrogens is 1. The first-order valence-electron chi connectivity index (χ1n) is 7.32. The van der Waals surface area contributed by atoms with E-state index in [4.69, 9.17) is 5.41 Å². The van der Waals surface area contributed by atoms with Gasteiger partial charge in [0.25, 0.3) is 5.69 Å². The molecular weight excluding hydrogens is 396 g/mol. The minimum absolute atomic E-state index is 0. The Labute approximate surface area is 152 Å². The topological polar surface area (TPSA) is 105 Å². The quantitative estimate of drug-likeness (QED) is 0.348. The molecule has 2 aromatic rings. The molecule has 0 fully saturated rings. The van der Waals surface area contributed by atoms with Crippen molar-refractivity contribution in [2.75, 3.05) is 0 Å². The number of nitrogens with one attached hydrogen (secondary N) is 1. The van der Waals surface area contributed by atoms with E-state index in [1.807, 2.05) is 4.57 Å². The molecule has 0 saturated carbocycles. The highest BCUT2D eigenvalue weighted by molar-refractivity contribution is 8.93. The zero-order chi connectivity index (χ0) is 16.4. The first-order valence-corrected chi connectivity index (χ1v) is 8.13. The lowest BCUT2D eigenvalue weighted by Gasteiger charge is -2.15. The van der Waals surface area contributed by atoms with E-state index >= 15 is 0 Å². The molecule has 0 spiro atoms. The summed E-state index contributed by atoms with van der Waals surface area (Å²) in [7, 11) is 0. The molecule has 1 aliphatic carbocycles. The number of hydrogen-bond donors (Lipinski definition) is 2. The van der Waals surface area contributed by atoms with Gasteiger partial charge in [0, 0.05) is 28.3 Å². The molecule has 0 bridgehead atoms. The third-order valence-corrected chi connectivity index (χ3v) is 5.12. The Morgan fingerprint density at radius 1 is 1.33 bits per heavy atom. The maximum atomic E-state index is 10.7. The van der Waals surface area contributed by atoms with Crippen LogP contribution in [0.3, 0.4) is 0 Å². The molecule has 0 unspecified atom stereocenters. The molecule has 0 saturated heterocycles. The average Bonchev–Trinajstić information content (AvgIpc) is 2.88. The van der Waals surface area contributed by atoms with E-state index in [2.05, 4.69) is 5.16 Å². The van der Waals surface area contributed by atoms with E-state index in [-0.39, 0.29) is 22.7 Å². The van der Waals surface area contributed by atoms with Crippen LogP contribution < -0.4 is 4.80 Å². The molecule has 9 heteroatoms. The van der Waals surface area contributed by atoms with Crippen LogP contribution in [0.15, 0.2) is 29.4 Å². The number of hydrogen-bond acceptors (Lipinski definition) is 6. The zero-order valence-corrected chi connectivity index (χ0v) is 15.3. The summed E-state index contributed by atoms with van der Waals surface area (Å²) in [6.07, 6.45) is 4.19. The SMILES string of the molecule is Br.N=c1sc2c(n1C/C(=N/O)c1ccc([N+](=O)[O-])cc1)CCCC2. The molecule has 1 aliphatic rings. The number of benzene rings is 1. The molecule has 1 aromatic heterocycles. The molecule has 1 aromatic carbocycles. The molecular formula is C15H17BrN4O3S. The van der Waals surface area contributed by atoms with Crippen LogP contribution in [0.5, 0.6) is 0 Å². The molecule has 0 radical (unpaired) electrons. The van der Waals surface area contributed by atoms with E-state index < -0.39 is 4.92 Å². The molecule has 0 amide bonds. The van der Waals surface area contributed by atoms with Gasteiger partial charge in [-0.15, -0.1) is 28.3 Å². The Morgan fingerprint density at radius 3 is 2.62 bits per heavy atom. The predicted octanol–water partition coefficient (Wildman–Crippen LogP) is 3.27. The number of halogens is 1. The number of non-ortho nitro benzene ring substituents is 1. The van der Waals surface area contributed by atoms with Crippen LogP contribution in [-0.4, -0.2) is 20.4 Å². The van der Waals surface area contributed by atoms with Crippen molar-refractivity contribution in [3.05, 3.63) is 55.3 Å². The Hall–Kier alpha value is -2.00. The fourth-order valence-corrected chi connectivity index (χ4v) is 3.92. The standard InChI is InChI=1S/C15H16N4O3S.BrH/c16-15-18(13-3-1-2-4-14(13)23-15)9-12(17-20)10-5-7-11(8-6-10)19(21)22;/h5-8,16,20H,1-4,9H2;1H/b16-15?,17-12-;. The van der Waals surface area contributed by atoms with Gasteiger partial charge in [0.15, 0.2) is 4.80 Å². The number of nitro groups is 1. The maximum Gasteiger partial charge on any atom is 0.269 e. The highest BCUT2D eigenvalue weighted by atomic mass is 79.9. The van der Waals surface area contributed by atoms with E-state index in [9.17, 15) is 15.3 Å². The number of thiazole rings is 1. The van der Waals surface area contributed by atoms with Gasteiger partial charge >= 0.3 is 0 Å². The Bertz CT molecular complexity index is 826. The summed E-state index contributed by atoms with van der Waals surface area (Å²) >= 11 is 1.47. The van der Waals surface area contributed by atoms with E-state index in [0.29, 0.717) is 22.6 Å². The summed E-state index contributed by atoms with van der Waals surface area (Å²) in [5.41, 5.74) is 2.15. The molecule has 0 aliphatic heterocycles. The first-order chi connectivity index (χ1) is 11.1. The van der Waals surface area contributed by atoms with Gasteiger partial charge in [-0.1, -0.05) is 5.16 Å². The number of oxime groups is 1. The Kier molecular flexibility index (Phi) is 5.89. The summed E-state index contributed by atoms with van der Waals surface area (Å²) in [5.74, 6) is 0. The molecule has 1 heterocycles. The van der Waals surface area contributed by atoms with Gasteiger partial charge < -0.3 is 9.77 Å². The Morgan fingerprint density at radius 2 is 2.00 bits per heavy atom. The number of aryl methyl sites for hydroxylation is 1. The van der Waals surface area contributed by atoms with Crippen molar-refractivity contribution >= 4 is 39.7 Å². The molecule has 3 rings (SSSR count). The maximum absolute atomic E-state index is 10.7. The van der Waals surface area contributed by atoms with Crippen LogP contribution in [0.2, 0.25) is 0 Å². The van der Waals surface area contributed by atoms with Crippen LogP contribution >= 0.6 is 28.3 Å². The van der Waals surface area contributed by atoms with Crippen molar-refractivity contribution in [2.24, 2.45) is 5.16 Å². The molecule has 24 heavy (non-hydrogen) atoms. The largest absolute Gasteiger partial charge is 0.411 e. The van der Waals surface area contributed by atoms with Gasteiger partial charge in [-0.2, -0.15) is 0 Å². The summed E-state index contributed by atoms with van der Waals surface area (Å²) < 4.78 is 1.87. The van der Waals surface area contributed by atoms with E-state index in [0.717, 1.165) is 31.4 Å². The van der Waals surface area contributed by atoms with Crippen molar-refractivity contribution in [3.8, 4) is 0 Å². The van der Waals surface area contributed by atoms with Crippen molar-refractivity contribution in [3.63, 3.8) is 0 Å². The highest BCUT2D eigenvalue weighted by Gasteiger charge is 2.18. The first kappa shape index (κ1) is 18.3. The second-order valence-electron chi connectivity index (χ2n) is 5.42. The summed E-state index contributed by atoms with van der Waals surface area (Å²) in [5, 5.41) is 31.5. The summed E-state index contributed by atoms with van der Waals surface area (Å²) in [6, 6.07) is 5.90. The fourth-order valence-electron chi connectivity index (χ4n) is 2.82. The van der Waals surface area contributed by atoms with Gasteiger partial charge in [0.05, 0.1) is 11.5 Å². The second kappa shape index (κ2) is 7.71. The minimum Gasteiger partial charge on any atom is -0.411 e. The fraction of sp³-hybridized carbons (Fsp3) is 0.333. The number of rotatable bonds is 4. The lowest BCUT2D eigenvalue weighted by atomic mass is 10.0. The monoisotopic (exact) mass is 412 g/mol. The minimum atomic E-state index is -0.467. The van der Waals surface area contributed by atoms with Crippen molar-refractivity contribution in [1.82, 2.24) is 4.57 Å². The van der Waals surface area contributed by atoms with Gasteiger partial charge in [0.1, 0.15) is 5.71 Å². The second-order valence-corrected chi connectivity index (χ2v) is 6.50. The Balaban J connectivity index is 0.00000208. The summed E-state index contributed by atoms with van der Waals surface area (Å²) in [4.78, 5) is 11.9. The van der Waals surface area contributed by atoms with Crippen molar-refractivity contribution in [1.29, 1.82) is 5.41 Å². The molecule has 128 valence electrons. The average molecular weight is 413 g/mol. The van der Waals surface area contributed by atoms with Gasteiger partial charge in [0.2, 0.25) is 0 Å². The van der Waals surface area contributed by atoms with Crippen molar-refractivity contribution < 1.29 is 10.1 Å². The highest BCUT2D eigenvalue weighted by Crippen LogP contribution is 2.24. The van der Waals surface area contributed by atoms with Crippen molar-refractivity contribution in [2.45, 2.75) is 32.2 Å². The lowest BCUT2D eigenvalue weighted by molar-refractivity contribution is -0.384. The van der Waals surface area contributed by atoms with Gasteiger partial charge in [-0.05, 0) is 37.8 Å². The third-order valence-electron chi connectivity index (χ3n) is 4.02. The van der Waals surface area contributed by atoms with Crippen LogP contribution in [0.1, 0.15) is 29.0 Å². The van der Waals surface area contributed by atoms with Crippen LogP contribution in [0, 0.1) is 15.5 Å². The molecule has 0 atom stereocenters. The zero-order valence-electron chi connectivity index (χ0n) is 12.8. The number of nitro benzene ring substituents is 1. The molecule has 2 N–H and O–H groups in total. The lowest BCUT2D eigenvalue weighted by Crippen LogP contribution is -2.23. The van der Waals surface area contributed by atoms with E-state index in [1.54, 1.807) is 12.1 Å². The number of nitrogens with zero attached hydrogens (tertiary/aromatic N) is 3. The van der Waals surface area contributed by atoms with Crippen LogP contribution in [-0.2, 0) is 19.4 Å². The number of fused-ring (bicyclic) bond motifs is 1. The van der Waals surface area contributed by atoms with Crippen LogP contribution in [0.25, 0.3) is 0 Å². The smallest absolute Gasteiger partial charge is 0.269 e. The van der Waals surface area contributed by atoms with Gasteiger partial charge in [-0.25, -0.2) is 0 Å². The van der Waals surface area contributed by atoms with Crippen LogP contribution in [0.4, 0.5) is 5.69 Å². The molecule has 7 nitrogen and oxygen atoms in total. The predicted molar refractivity (Wildman–Crippen MR) is 96.5 cm³/mol. The summed E-state index contributed by atoms with van der Waals surface area (Å²) in [6.45, 7) is 0.291. The normalized spacial score (nSPS) is 13.9. The van der Waals surface area contributed by atoms with Gasteiger partial charge in [-0.3, -0.25) is 15.5 Å².